The number of ketones is 1. The minimum Gasteiger partial charge on any atom is -0.493 e. The number of unbranched alkanes of at least 4 members (excludes halogenated alkanes) is 3. The van der Waals surface area contributed by atoms with Gasteiger partial charge in [-0.25, -0.2) is 0 Å². The van der Waals surface area contributed by atoms with E-state index >= 15 is 0 Å². The van der Waals surface area contributed by atoms with E-state index in [1.807, 2.05) is 58.0 Å². The SMILES string of the molecule is CCCCCCOc1ccc(C2C(C(=O)Nc3ccc(C)cc3C)C(=O)CC(C)(O)C2C(=O)Nc2ccc(C)cc2C)cc1OC. The summed E-state index contributed by atoms with van der Waals surface area (Å²) in [5, 5.41) is 17.7. The fourth-order valence-corrected chi connectivity index (χ4v) is 6.54. The number of amides is 2. The van der Waals surface area contributed by atoms with Gasteiger partial charge in [0.25, 0.3) is 0 Å². The van der Waals surface area contributed by atoms with Gasteiger partial charge in [0.1, 0.15) is 11.7 Å². The Labute approximate surface area is 272 Å². The second-order valence-electron chi connectivity index (χ2n) is 12.9. The summed E-state index contributed by atoms with van der Waals surface area (Å²) in [6.45, 7) is 11.9. The van der Waals surface area contributed by atoms with Crippen molar-refractivity contribution < 1.29 is 29.0 Å². The van der Waals surface area contributed by atoms with Crippen molar-refractivity contribution in [3.63, 3.8) is 0 Å². The first kappa shape index (κ1) is 34.7. The molecule has 3 N–H and O–H groups in total. The summed E-state index contributed by atoms with van der Waals surface area (Å²) in [7, 11) is 1.53. The highest BCUT2D eigenvalue weighted by Gasteiger charge is 2.56. The lowest BCUT2D eigenvalue weighted by atomic mass is 9.61. The number of carbonyl (C=O) groups excluding carboxylic acids is 3. The van der Waals surface area contributed by atoms with Crippen molar-refractivity contribution in [1.82, 2.24) is 0 Å². The number of carbonyl (C=O) groups is 3. The summed E-state index contributed by atoms with van der Waals surface area (Å²) < 4.78 is 11.7. The minimum absolute atomic E-state index is 0.352. The van der Waals surface area contributed by atoms with Gasteiger partial charge in [-0.2, -0.15) is 0 Å². The molecule has 3 aromatic carbocycles. The maximum absolute atomic E-state index is 14.2. The summed E-state index contributed by atoms with van der Waals surface area (Å²) in [6, 6.07) is 16.6. The van der Waals surface area contributed by atoms with Crippen LogP contribution in [-0.4, -0.2) is 42.0 Å². The number of benzene rings is 3. The molecule has 2 amide bonds. The van der Waals surface area contributed by atoms with Crippen molar-refractivity contribution in [2.75, 3.05) is 24.4 Å². The molecule has 0 radical (unpaired) electrons. The van der Waals surface area contributed by atoms with Gasteiger partial charge in [-0.1, -0.05) is 67.6 Å². The van der Waals surface area contributed by atoms with Crippen LogP contribution in [0.15, 0.2) is 54.6 Å². The number of ether oxygens (including phenoxy) is 2. The number of Topliss-reactive ketones (excluding diaryl/α,β-unsaturated/α-hetero) is 1. The van der Waals surface area contributed by atoms with Gasteiger partial charge in [0, 0.05) is 23.7 Å². The predicted molar refractivity (Wildman–Crippen MR) is 182 cm³/mol. The third kappa shape index (κ3) is 7.97. The molecule has 8 nitrogen and oxygen atoms in total. The van der Waals surface area contributed by atoms with E-state index < -0.39 is 41.0 Å². The summed E-state index contributed by atoms with van der Waals surface area (Å²) in [6.07, 6.45) is 3.87. The second-order valence-corrected chi connectivity index (χ2v) is 12.9. The molecule has 1 fully saturated rings. The molecule has 0 bridgehead atoms. The molecule has 0 saturated heterocycles. The highest BCUT2D eigenvalue weighted by atomic mass is 16.5. The zero-order valence-corrected chi connectivity index (χ0v) is 28.2. The van der Waals surface area contributed by atoms with Crippen molar-refractivity contribution in [2.24, 2.45) is 11.8 Å². The van der Waals surface area contributed by atoms with Crippen LogP contribution in [0.2, 0.25) is 0 Å². The molecule has 8 heteroatoms. The van der Waals surface area contributed by atoms with Crippen LogP contribution >= 0.6 is 0 Å². The molecular formula is C38H48N2O6. The van der Waals surface area contributed by atoms with Gasteiger partial charge in [0.15, 0.2) is 11.5 Å². The zero-order valence-electron chi connectivity index (χ0n) is 28.2. The molecule has 0 aromatic heterocycles. The zero-order chi connectivity index (χ0) is 33.6. The molecule has 0 aliphatic heterocycles. The Kier molecular flexibility index (Phi) is 11.3. The Morgan fingerprint density at radius 1 is 0.848 bits per heavy atom. The maximum atomic E-state index is 14.2. The average Bonchev–Trinajstić information content (AvgIpc) is 2.99. The normalized spacial score (nSPS) is 21.0. The molecule has 46 heavy (non-hydrogen) atoms. The van der Waals surface area contributed by atoms with Crippen LogP contribution < -0.4 is 20.1 Å². The van der Waals surface area contributed by atoms with E-state index in [0.29, 0.717) is 35.0 Å². The van der Waals surface area contributed by atoms with Gasteiger partial charge in [-0.15, -0.1) is 0 Å². The Morgan fingerprint density at radius 2 is 1.46 bits per heavy atom. The van der Waals surface area contributed by atoms with Crippen molar-refractivity contribution in [3.05, 3.63) is 82.4 Å². The number of aryl methyl sites for hydroxylation is 4. The monoisotopic (exact) mass is 628 g/mol. The Bertz CT molecular complexity index is 1580. The fourth-order valence-electron chi connectivity index (χ4n) is 6.54. The van der Waals surface area contributed by atoms with E-state index in [9.17, 15) is 19.5 Å². The third-order valence-electron chi connectivity index (χ3n) is 8.94. The Hall–Kier alpha value is -4.17. The molecule has 4 unspecified atom stereocenters. The Balaban J connectivity index is 1.77. The van der Waals surface area contributed by atoms with Gasteiger partial charge < -0.3 is 25.2 Å². The smallest absolute Gasteiger partial charge is 0.235 e. The lowest BCUT2D eigenvalue weighted by Gasteiger charge is -2.44. The molecule has 246 valence electrons. The molecule has 1 aliphatic rings. The molecule has 1 saturated carbocycles. The lowest BCUT2D eigenvalue weighted by Crippen LogP contribution is -2.56. The number of anilines is 2. The second kappa shape index (κ2) is 14.9. The lowest BCUT2D eigenvalue weighted by molar-refractivity contribution is -0.150. The minimum atomic E-state index is -1.73. The van der Waals surface area contributed by atoms with Gasteiger partial charge >= 0.3 is 0 Å². The number of aliphatic hydroxyl groups is 1. The van der Waals surface area contributed by atoms with Crippen LogP contribution in [0, 0.1) is 39.5 Å². The summed E-state index contributed by atoms with van der Waals surface area (Å²) in [5.74, 6) is -3.89. The summed E-state index contributed by atoms with van der Waals surface area (Å²) in [5.41, 5.74) is 3.78. The van der Waals surface area contributed by atoms with Crippen LogP contribution in [0.5, 0.6) is 11.5 Å². The van der Waals surface area contributed by atoms with Crippen molar-refractivity contribution in [1.29, 1.82) is 0 Å². The fraction of sp³-hybridized carbons (Fsp3) is 0.447. The van der Waals surface area contributed by atoms with Crippen LogP contribution in [0.25, 0.3) is 0 Å². The first-order valence-corrected chi connectivity index (χ1v) is 16.2. The van der Waals surface area contributed by atoms with Crippen LogP contribution in [0.1, 0.15) is 79.7 Å². The third-order valence-corrected chi connectivity index (χ3v) is 8.94. The van der Waals surface area contributed by atoms with Crippen LogP contribution in [-0.2, 0) is 14.4 Å². The van der Waals surface area contributed by atoms with Gasteiger partial charge in [0.05, 0.1) is 25.2 Å². The maximum Gasteiger partial charge on any atom is 0.235 e. The van der Waals surface area contributed by atoms with Gasteiger partial charge in [-0.3, -0.25) is 14.4 Å². The number of nitrogens with one attached hydrogen (secondary N) is 2. The number of hydrogen-bond acceptors (Lipinski definition) is 6. The molecule has 1 aliphatic carbocycles. The number of methoxy groups -OCH3 is 1. The standard InChI is InChI=1S/C38H48N2O6/c1-8-9-10-11-18-46-31-17-14-27(21-32(31)45-7)33-34(36(42)39-28-15-12-23(2)19-25(28)4)30(41)22-38(6,44)35(33)37(43)40-29-16-13-24(3)20-26(29)5/h12-17,19-21,33-35,44H,8-11,18,22H2,1-7H3,(H,39,42)(H,40,43). The van der Waals surface area contributed by atoms with Crippen molar-refractivity contribution in [2.45, 2.75) is 85.2 Å². The highest BCUT2D eigenvalue weighted by molar-refractivity contribution is 6.10. The molecular weight excluding hydrogens is 580 g/mol. The molecule has 3 aromatic rings. The largest absolute Gasteiger partial charge is 0.493 e. The van der Waals surface area contributed by atoms with E-state index in [1.165, 1.54) is 14.0 Å². The first-order chi connectivity index (χ1) is 21.9. The van der Waals surface area contributed by atoms with Gasteiger partial charge in [0.2, 0.25) is 11.8 Å². The van der Waals surface area contributed by atoms with Crippen molar-refractivity contribution in [3.8, 4) is 11.5 Å². The van der Waals surface area contributed by atoms with E-state index in [4.69, 9.17) is 9.47 Å². The van der Waals surface area contributed by atoms with Crippen LogP contribution in [0.3, 0.4) is 0 Å². The van der Waals surface area contributed by atoms with Crippen molar-refractivity contribution >= 4 is 29.0 Å². The Morgan fingerprint density at radius 3 is 2.02 bits per heavy atom. The predicted octanol–water partition coefficient (Wildman–Crippen LogP) is 7.21. The van der Waals surface area contributed by atoms with E-state index in [-0.39, 0.29) is 6.42 Å². The summed E-state index contributed by atoms with van der Waals surface area (Å²) >= 11 is 0. The number of hydrogen-bond donors (Lipinski definition) is 3. The molecule has 0 heterocycles. The quantitative estimate of drug-likeness (QED) is 0.144. The topological polar surface area (TPSA) is 114 Å². The molecule has 4 atom stereocenters. The number of rotatable bonds is 12. The summed E-state index contributed by atoms with van der Waals surface area (Å²) in [4.78, 5) is 42.1. The van der Waals surface area contributed by atoms with Gasteiger partial charge in [-0.05, 0) is 82.0 Å². The van der Waals surface area contributed by atoms with E-state index in [0.717, 1.165) is 47.9 Å². The first-order valence-electron chi connectivity index (χ1n) is 16.2. The average molecular weight is 629 g/mol. The molecule has 4 rings (SSSR count). The highest BCUT2D eigenvalue weighted by Crippen LogP contribution is 2.48. The van der Waals surface area contributed by atoms with E-state index in [1.54, 1.807) is 24.3 Å². The van der Waals surface area contributed by atoms with Crippen LogP contribution in [0.4, 0.5) is 11.4 Å². The molecule has 0 spiro atoms. The van der Waals surface area contributed by atoms with E-state index in [2.05, 4.69) is 17.6 Å².